The molecular weight excluding hydrogens is 452 g/mol. The van der Waals surface area contributed by atoms with Crippen molar-refractivity contribution in [2.24, 2.45) is 5.73 Å². The van der Waals surface area contributed by atoms with Crippen molar-refractivity contribution in [2.45, 2.75) is 20.3 Å². The zero-order valence-corrected chi connectivity index (χ0v) is 18.5. The van der Waals surface area contributed by atoms with Crippen molar-refractivity contribution in [2.75, 3.05) is 11.9 Å². The van der Waals surface area contributed by atoms with Gasteiger partial charge in [0, 0.05) is 15.8 Å². The second kappa shape index (κ2) is 9.24. The number of nitrogens with one attached hydrogen (secondary N) is 1. The number of carbonyl (C=O) groups excluding carboxylic acids is 2. The summed E-state index contributed by atoms with van der Waals surface area (Å²) in [6.07, 6.45) is 0.669. The van der Waals surface area contributed by atoms with Crippen LogP contribution in [0.2, 0.25) is 0 Å². The molecule has 150 valence electrons. The third-order valence-corrected chi connectivity index (χ3v) is 6.55. The zero-order valence-electron chi connectivity index (χ0n) is 16.1. The van der Waals surface area contributed by atoms with Gasteiger partial charge in [0.1, 0.15) is 10.8 Å². The molecule has 0 saturated carbocycles. The number of anilines is 1. The van der Waals surface area contributed by atoms with Crippen molar-refractivity contribution in [3.63, 3.8) is 0 Å². The first-order valence-corrected chi connectivity index (χ1v) is 10.6. The van der Waals surface area contributed by atoms with E-state index < -0.39 is 5.91 Å². The predicted molar refractivity (Wildman–Crippen MR) is 120 cm³/mol. The lowest BCUT2D eigenvalue weighted by Crippen LogP contribution is -2.22. The number of ether oxygens (including phenoxy) is 1. The predicted octanol–water partition coefficient (Wildman–Crippen LogP) is 4.83. The van der Waals surface area contributed by atoms with Crippen LogP contribution in [-0.4, -0.2) is 18.4 Å². The number of nitrogens with two attached hydrogens (primary N) is 1. The molecule has 0 aliphatic heterocycles. The Morgan fingerprint density at radius 3 is 2.52 bits per heavy atom. The Labute approximate surface area is 182 Å². The van der Waals surface area contributed by atoms with Gasteiger partial charge in [-0.05, 0) is 48.7 Å². The van der Waals surface area contributed by atoms with Gasteiger partial charge in [-0.15, -0.1) is 11.3 Å². The van der Waals surface area contributed by atoms with Crippen LogP contribution in [0.15, 0.2) is 53.0 Å². The summed E-state index contributed by atoms with van der Waals surface area (Å²) in [6, 6.07) is 15.4. The molecule has 2 amide bonds. The van der Waals surface area contributed by atoms with Crippen LogP contribution in [0, 0.1) is 13.8 Å². The quantitative estimate of drug-likeness (QED) is 0.516. The molecular formula is C22H21BrN2O3S. The van der Waals surface area contributed by atoms with Crippen molar-refractivity contribution >= 4 is 44.1 Å². The van der Waals surface area contributed by atoms with Gasteiger partial charge >= 0.3 is 0 Å². The molecule has 1 aromatic heterocycles. The van der Waals surface area contributed by atoms with Gasteiger partial charge in [0.2, 0.25) is 0 Å². The van der Waals surface area contributed by atoms with Gasteiger partial charge in [-0.3, -0.25) is 9.59 Å². The monoisotopic (exact) mass is 472 g/mol. The molecule has 3 N–H and O–H groups in total. The molecule has 1 heterocycles. The molecule has 0 spiro atoms. The van der Waals surface area contributed by atoms with Gasteiger partial charge in [0.25, 0.3) is 11.8 Å². The summed E-state index contributed by atoms with van der Waals surface area (Å²) in [5, 5.41) is 3.24. The van der Waals surface area contributed by atoms with Crippen LogP contribution >= 0.6 is 27.3 Å². The van der Waals surface area contributed by atoms with E-state index in [1.807, 2.05) is 56.3 Å². The molecule has 0 saturated heterocycles. The van der Waals surface area contributed by atoms with E-state index in [-0.39, 0.29) is 12.5 Å². The fourth-order valence-corrected chi connectivity index (χ4v) is 4.42. The van der Waals surface area contributed by atoms with Crippen LogP contribution in [0.1, 0.15) is 31.9 Å². The summed E-state index contributed by atoms with van der Waals surface area (Å²) in [5.41, 5.74) is 8.86. The highest BCUT2D eigenvalue weighted by atomic mass is 79.9. The van der Waals surface area contributed by atoms with Gasteiger partial charge in [-0.2, -0.15) is 0 Å². The van der Waals surface area contributed by atoms with E-state index in [9.17, 15) is 9.59 Å². The summed E-state index contributed by atoms with van der Waals surface area (Å²) in [6.45, 7) is 3.63. The van der Waals surface area contributed by atoms with Crippen LogP contribution in [-0.2, 0) is 11.2 Å². The Morgan fingerprint density at radius 1 is 1.14 bits per heavy atom. The maximum absolute atomic E-state index is 12.4. The first-order valence-electron chi connectivity index (χ1n) is 9.00. The molecule has 3 rings (SSSR count). The second-order valence-electron chi connectivity index (χ2n) is 6.63. The molecule has 0 aliphatic rings. The first kappa shape index (κ1) is 21.1. The molecule has 2 aromatic carbocycles. The molecule has 0 bridgehead atoms. The number of hydrogen-bond donors (Lipinski definition) is 2. The summed E-state index contributed by atoms with van der Waals surface area (Å²) >= 11 is 4.80. The van der Waals surface area contributed by atoms with Crippen LogP contribution in [0.25, 0.3) is 0 Å². The number of aryl methyl sites for hydroxylation is 1. The Hall–Kier alpha value is -2.64. The number of halogens is 1. The van der Waals surface area contributed by atoms with E-state index in [1.54, 1.807) is 6.07 Å². The first-order chi connectivity index (χ1) is 13.8. The normalized spacial score (nSPS) is 10.6. The van der Waals surface area contributed by atoms with Gasteiger partial charge in [-0.25, -0.2) is 0 Å². The lowest BCUT2D eigenvalue weighted by atomic mass is 10.1. The number of primary amides is 1. The minimum atomic E-state index is -0.558. The van der Waals surface area contributed by atoms with Crippen LogP contribution in [0.5, 0.6) is 5.75 Å². The fourth-order valence-electron chi connectivity index (χ4n) is 2.91. The van der Waals surface area contributed by atoms with Gasteiger partial charge < -0.3 is 15.8 Å². The van der Waals surface area contributed by atoms with Gasteiger partial charge in [-0.1, -0.05) is 46.3 Å². The minimum Gasteiger partial charge on any atom is -0.484 e. The lowest BCUT2D eigenvalue weighted by Gasteiger charge is -2.08. The number of amides is 2. The average Bonchev–Trinajstić information content (AvgIpc) is 2.98. The summed E-state index contributed by atoms with van der Waals surface area (Å²) in [4.78, 5) is 25.4. The van der Waals surface area contributed by atoms with E-state index in [2.05, 4.69) is 21.2 Å². The minimum absolute atomic E-state index is 0.162. The van der Waals surface area contributed by atoms with E-state index in [4.69, 9.17) is 10.5 Å². The average molecular weight is 473 g/mol. The molecule has 3 aromatic rings. The highest BCUT2D eigenvalue weighted by Crippen LogP contribution is 2.34. The van der Waals surface area contributed by atoms with Crippen molar-refractivity contribution in [3.05, 3.63) is 80.1 Å². The van der Waals surface area contributed by atoms with Crippen molar-refractivity contribution < 1.29 is 14.3 Å². The Kier molecular flexibility index (Phi) is 6.71. The number of hydrogen-bond acceptors (Lipinski definition) is 4. The molecule has 0 radical (unpaired) electrons. The third-order valence-electron chi connectivity index (χ3n) is 4.45. The highest BCUT2D eigenvalue weighted by Gasteiger charge is 2.21. The third kappa shape index (κ3) is 5.25. The number of rotatable bonds is 7. The largest absolute Gasteiger partial charge is 0.484 e. The summed E-state index contributed by atoms with van der Waals surface area (Å²) in [5.74, 6) is -0.304. The van der Waals surface area contributed by atoms with Crippen molar-refractivity contribution in [1.82, 2.24) is 0 Å². The van der Waals surface area contributed by atoms with Crippen LogP contribution in [0.3, 0.4) is 0 Å². The molecule has 0 unspecified atom stereocenters. The van der Waals surface area contributed by atoms with E-state index in [0.29, 0.717) is 22.7 Å². The highest BCUT2D eigenvalue weighted by molar-refractivity contribution is 9.10. The SMILES string of the molecule is Cc1cc(OCC(=O)Nc2sc(Cc3ccccc3)c(C)c2C(N)=O)ccc1Br. The van der Waals surface area contributed by atoms with Crippen LogP contribution < -0.4 is 15.8 Å². The van der Waals surface area contributed by atoms with Gasteiger partial charge in [0.15, 0.2) is 6.61 Å². The molecule has 5 nitrogen and oxygen atoms in total. The molecule has 0 atom stereocenters. The molecule has 7 heteroatoms. The maximum Gasteiger partial charge on any atom is 0.262 e. The fraction of sp³-hybridized carbons (Fsp3) is 0.182. The zero-order chi connectivity index (χ0) is 21.0. The van der Waals surface area contributed by atoms with Crippen molar-refractivity contribution in [3.8, 4) is 5.75 Å². The van der Waals surface area contributed by atoms with Gasteiger partial charge in [0.05, 0.1) is 5.56 Å². The topological polar surface area (TPSA) is 81.4 Å². The summed E-state index contributed by atoms with van der Waals surface area (Å²) in [7, 11) is 0. The molecule has 29 heavy (non-hydrogen) atoms. The maximum atomic E-state index is 12.4. The lowest BCUT2D eigenvalue weighted by molar-refractivity contribution is -0.118. The smallest absolute Gasteiger partial charge is 0.262 e. The van der Waals surface area contributed by atoms with E-state index in [0.717, 1.165) is 26.0 Å². The Bertz CT molecular complexity index is 1050. The van der Waals surface area contributed by atoms with E-state index in [1.165, 1.54) is 11.3 Å². The second-order valence-corrected chi connectivity index (χ2v) is 8.59. The number of thiophene rings is 1. The number of benzene rings is 2. The van der Waals surface area contributed by atoms with Crippen LogP contribution in [0.4, 0.5) is 5.00 Å². The Balaban J connectivity index is 1.73. The molecule has 0 aliphatic carbocycles. The summed E-state index contributed by atoms with van der Waals surface area (Å²) < 4.78 is 6.54. The molecule has 0 fully saturated rings. The number of carbonyl (C=O) groups is 2. The Morgan fingerprint density at radius 2 is 1.86 bits per heavy atom. The standard InChI is InChI=1S/C22H21BrN2O3S/c1-13-10-16(8-9-17(13)23)28-12-19(26)25-22-20(21(24)27)14(2)18(29-22)11-15-6-4-3-5-7-15/h3-10H,11-12H2,1-2H3,(H2,24,27)(H,25,26). The van der Waals surface area contributed by atoms with Crippen molar-refractivity contribution in [1.29, 1.82) is 0 Å². The van der Waals surface area contributed by atoms with E-state index >= 15 is 0 Å².